The van der Waals surface area contributed by atoms with Gasteiger partial charge in [-0.2, -0.15) is 0 Å². The number of benzene rings is 1. The number of hydrogen-bond acceptors (Lipinski definition) is 4. The fraction of sp³-hybridized carbons (Fsp3) is 0.708. The molecule has 1 aromatic rings. The van der Waals surface area contributed by atoms with E-state index in [1.807, 2.05) is 25.3 Å². The summed E-state index contributed by atoms with van der Waals surface area (Å²) in [4.78, 5) is 14.5. The van der Waals surface area contributed by atoms with Crippen molar-refractivity contribution >= 4 is 18.3 Å². The Morgan fingerprint density at radius 2 is 1.83 bits per heavy atom. The Morgan fingerprint density at radius 3 is 2.43 bits per heavy atom. The van der Waals surface area contributed by atoms with Crippen molar-refractivity contribution in [1.29, 1.82) is 0 Å². The zero-order valence-corrected chi connectivity index (χ0v) is 18.8. The first-order valence-electron chi connectivity index (χ1n) is 11.3. The summed E-state index contributed by atoms with van der Waals surface area (Å²) in [5.41, 5.74) is 7.56. The second-order valence-electron chi connectivity index (χ2n) is 9.90. The van der Waals surface area contributed by atoms with Crippen LogP contribution in [0.2, 0.25) is 0 Å². The van der Waals surface area contributed by atoms with Gasteiger partial charge in [-0.05, 0) is 61.6 Å². The number of ether oxygens (including phenoxy) is 2. The van der Waals surface area contributed by atoms with E-state index in [1.165, 1.54) is 44.9 Å². The second kappa shape index (κ2) is 8.42. The van der Waals surface area contributed by atoms with E-state index in [0.29, 0.717) is 22.8 Å². The molecule has 4 fully saturated rings. The average molecular weight is 435 g/mol. The van der Waals surface area contributed by atoms with Gasteiger partial charge in [0.15, 0.2) is 0 Å². The summed E-state index contributed by atoms with van der Waals surface area (Å²) < 4.78 is 12.0. The lowest BCUT2D eigenvalue weighted by atomic mass is 9.58. The molecule has 6 heteroatoms. The van der Waals surface area contributed by atoms with Crippen LogP contribution in [0.5, 0.6) is 0 Å². The van der Waals surface area contributed by atoms with Crippen molar-refractivity contribution in [2.24, 2.45) is 23.0 Å². The lowest BCUT2D eigenvalue weighted by molar-refractivity contribution is -0.188. The van der Waals surface area contributed by atoms with Crippen molar-refractivity contribution in [3.63, 3.8) is 0 Å². The molecule has 2 aliphatic carbocycles. The Morgan fingerprint density at radius 1 is 1.17 bits per heavy atom. The summed E-state index contributed by atoms with van der Waals surface area (Å²) in [6.45, 7) is 4.09. The highest BCUT2D eigenvalue weighted by Gasteiger charge is 2.56. The fourth-order valence-corrected chi connectivity index (χ4v) is 7.01. The van der Waals surface area contributed by atoms with Crippen LogP contribution >= 0.6 is 12.4 Å². The van der Waals surface area contributed by atoms with E-state index >= 15 is 0 Å². The van der Waals surface area contributed by atoms with Gasteiger partial charge in [0.05, 0.1) is 0 Å². The highest BCUT2D eigenvalue weighted by atomic mass is 35.5. The molecule has 2 heterocycles. The largest absolute Gasteiger partial charge is 0.381 e. The molecule has 1 aromatic carbocycles. The van der Waals surface area contributed by atoms with Crippen LogP contribution in [-0.4, -0.2) is 50.3 Å². The molecule has 1 amide bonds. The number of piperidine rings is 1. The van der Waals surface area contributed by atoms with Crippen LogP contribution in [0.25, 0.3) is 0 Å². The van der Waals surface area contributed by atoms with Gasteiger partial charge in [-0.25, -0.2) is 0 Å². The molecule has 0 radical (unpaired) electrons. The van der Waals surface area contributed by atoms with Gasteiger partial charge in [0.2, 0.25) is 5.91 Å². The summed E-state index contributed by atoms with van der Waals surface area (Å²) in [5.74, 6) is 0.570. The predicted octanol–water partition coefficient (Wildman–Crippen LogP) is 3.74. The standard InChI is InChI=1S/C24H34N2O3.ClH/c1-28-24(18-5-2-4-17(12-18)22(25)27)19-6-3-7-20(24)16-26(15-19)21-13-23(14-21)8-10-29-11-9-23;/h2,4-5,12,19-21H,3,6-11,13-16H2,1H3,(H2,25,27);1H/t19-,20+,24?;. The van der Waals surface area contributed by atoms with Crippen molar-refractivity contribution < 1.29 is 14.3 Å². The minimum Gasteiger partial charge on any atom is -0.381 e. The molecule has 2 N–H and O–H groups in total. The summed E-state index contributed by atoms with van der Waals surface area (Å²) in [6, 6.07) is 8.61. The Balaban J connectivity index is 0.00000218. The first kappa shape index (κ1) is 22.1. The number of halogens is 1. The first-order chi connectivity index (χ1) is 14.1. The monoisotopic (exact) mass is 434 g/mol. The number of rotatable bonds is 4. The second-order valence-corrected chi connectivity index (χ2v) is 9.90. The lowest BCUT2D eigenvalue weighted by Gasteiger charge is -2.61. The smallest absolute Gasteiger partial charge is 0.248 e. The number of amides is 1. The molecule has 5 rings (SSSR count). The Kier molecular flexibility index (Phi) is 6.19. The molecular weight excluding hydrogens is 400 g/mol. The van der Waals surface area contributed by atoms with Crippen LogP contribution in [0.4, 0.5) is 0 Å². The van der Waals surface area contributed by atoms with Gasteiger partial charge >= 0.3 is 0 Å². The van der Waals surface area contributed by atoms with Crippen LogP contribution in [0.15, 0.2) is 24.3 Å². The van der Waals surface area contributed by atoms with Gasteiger partial charge in [-0.3, -0.25) is 9.69 Å². The van der Waals surface area contributed by atoms with Crippen LogP contribution < -0.4 is 5.73 Å². The molecule has 2 aliphatic heterocycles. The molecule has 166 valence electrons. The maximum atomic E-state index is 11.8. The zero-order valence-electron chi connectivity index (χ0n) is 18.0. The highest BCUT2D eigenvalue weighted by molar-refractivity contribution is 5.92. The van der Waals surface area contributed by atoms with Gasteiger partial charge in [-0.15, -0.1) is 12.4 Å². The topological polar surface area (TPSA) is 64.8 Å². The van der Waals surface area contributed by atoms with Gasteiger partial charge in [0.25, 0.3) is 0 Å². The molecular formula is C24H35ClN2O3. The Labute approximate surface area is 186 Å². The third kappa shape index (κ3) is 3.48. The van der Waals surface area contributed by atoms with E-state index in [-0.39, 0.29) is 23.9 Å². The quantitative estimate of drug-likeness (QED) is 0.783. The van der Waals surface area contributed by atoms with Crippen LogP contribution in [0.1, 0.15) is 60.9 Å². The minimum absolute atomic E-state index is 0. The summed E-state index contributed by atoms with van der Waals surface area (Å²) in [6.07, 6.45) is 8.81. The fourth-order valence-electron chi connectivity index (χ4n) is 7.01. The van der Waals surface area contributed by atoms with E-state index in [4.69, 9.17) is 15.2 Å². The SMILES string of the molecule is COC1(c2cccc(C(N)=O)c2)[C@@H]2CCC[C@H]1CN(C1CC3(CCOCC3)C1)C2.Cl. The van der Waals surface area contributed by atoms with Crippen molar-refractivity contribution in [3.05, 3.63) is 35.4 Å². The number of carbonyl (C=O) groups excluding carboxylic acids is 1. The van der Waals surface area contributed by atoms with Crippen LogP contribution in [0.3, 0.4) is 0 Å². The third-order valence-electron chi connectivity index (χ3n) is 8.57. The summed E-state index contributed by atoms with van der Waals surface area (Å²) in [7, 11) is 1.86. The van der Waals surface area contributed by atoms with Gasteiger partial charge in [-0.1, -0.05) is 18.6 Å². The summed E-state index contributed by atoms with van der Waals surface area (Å²) in [5, 5.41) is 0. The van der Waals surface area contributed by atoms with Gasteiger partial charge in [0.1, 0.15) is 5.60 Å². The molecule has 30 heavy (non-hydrogen) atoms. The maximum absolute atomic E-state index is 11.8. The molecule has 3 atom stereocenters. The van der Waals surface area contributed by atoms with Crippen LogP contribution in [0, 0.1) is 17.3 Å². The molecule has 5 nitrogen and oxygen atoms in total. The van der Waals surface area contributed by atoms with Crippen molar-refractivity contribution in [3.8, 4) is 0 Å². The molecule has 4 aliphatic rings. The molecule has 2 bridgehead atoms. The molecule has 1 spiro atoms. The Hall–Kier alpha value is -1.14. The number of primary amides is 1. The third-order valence-corrected chi connectivity index (χ3v) is 8.57. The number of nitrogens with two attached hydrogens (primary N) is 1. The van der Waals surface area contributed by atoms with E-state index in [1.54, 1.807) is 0 Å². The minimum atomic E-state index is -0.364. The van der Waals surface area contributed by atoms with E-state index in [9.17, 15) is 4.79 Å². The number of methoxy groups -OCH3 is 1. The number of hydrogen-bond donors (Lipinski definition) is 1. The zero-order chi connectivity index (χ0) is 20.1. The van der Waals surface area contributed by atoms with Crippen molar-refractivity contribution in [1.82, 2.24) is 4.90 Å². The van der Waals surface area contributed by atoms with E-state index < -0.39 is 0 Å². The van der Waals surface area contributed by atoms with Crippen molar-refractivity contribution in [2.45, 2.75) is 56.6 Å². The number of nitrogens with zero attached hydrogens (tertiary/aromatic N) is 1. The predicted molar refractivity (Wildman–Crippen MR) is 119 cm³/mol. The number of likely N-dealkylation sites (tertiary alicyclic amines) is 1. The maximum Gasteiger partial charge on any atom is 0.248 e. The number of carbonyl (C=O) groups is 1. The highest BCUT2D eigenvalue weighted by Crippen LogP contribution is 2.56. The Bertz CT molecular complexity index is 757. The van der Waals surface area contributed by atoms with E-state index in [0.717, 1.165) is 37.9 Å². The van der Waals surface area contributed by atoms with Crippen molar-refractivity contribution in [2.75, 3.05) is 33.4 Å². The van der Waals surface area contributed by atoms with Gasteiger partial charge < -0.3 is 15.2 Å². The van der Waals surface area contributed by atoms with E-state index in [2.05, 4.69) is 11.0 Å². The summed E-state index contributed by atoms with van der Waals surface area (Å²) >= 11 is 0. The molecule has 0 aromatic heterocycles. The number of fused-ring (bicyclic) bond motifs is 2. The molecule has 1 unspecified atom stereocenters. The average Bonchev–Trinajstić information content (AvgIpc) is 2.71. The normalized spacial score (nSPS) is 33.5. The van der Waals surface area contributed by atoms with Crippen LogP contribution in [-0.2, 0) is 15.1 Å². The molecule has 2 saturated carbocycles. The lowest BCUT2D eigenvalue weighted by Crippen LogP contribution is -2.64. The molecule has 2 saturated heterocycles. The van der Waals surface area contributed by atoms with Gasteiger partial charge in [0, 0.05) is 56.9 Å². The first-order valence-corrected chi connectivity index (χ1v) is 11.3.